The molecule has 0 fully saturated rings. The van der Waals surface area contributed by atoms with Crippen LogP contribution in [0.5, 0.6) is 0 Å². The molecule has 2 nitrogen and oxygen atoms in total. The average molecular weight is 564 g/mol. The van der Waals surface area contributed by atoms with Gasteiger partial charge in [0.2, 0.25) is 0 Å². The largest absolute Gasteiger partial charge is 0.296 e. The van der Waals surface area contributed by atoms with Crippen molar-refractivity contribution in [2.24, 2.45) is 0 Å². The fourth-order valence-electron chi connectivity index (χ4n) is 5.78. The van der Waals surface area contributed by atoms with Crippen molar-refractivity contribution in [2.75, 3.05) is 0 Å². The van der Waals surface area contributed by atoms with Gasteiger partial charge in [0.25, 0.3) is 0 Å². The van der Waals surface area contributed by atoms with Crippen molar-refractivity contribution in [3.63, 3.8) is 0 Å². The third kappa shape index (κ3) is 4.23. The van der Waals surface area contributed by atoms with Crippen molar-refractivity contribution in [1.82, 2.24) is 9.55 Å². The number of para-hydroxylation sites is 2. The van der Waals surface area contributed by atoms with Gasteiger partial charge in [-0.3, -0.25) is 4.57 Å². The van der Waals surface area contributed by atoms with E-state index in [-0.39, 0.29) is 55.9 Å². The molecular weight excluding hydrogens is 520 g/mol. The second-order valence-electron chi connectivity index (χ2n) is 10.1. The van der Waals surface area contributed by atoms with Gasteiger partial charge in [-0.15, -0.1) is 0 Å². The Hall–Kier alpha value is -5.47. The van der Waals surface area contributed by atoms with E-state index in [4.69, 9.17) is 17.3 Å². The van der Waals surface area contributed by atoms with Gasteiger partial charge in [0, 0.05) is 12.1 Å². The van der Waals surface area contributed by atoms with Gasteiger partial charge < -0.3 is 0 Å². The summed E-state index contributed by atoms with van der Waals surface area (Å²) in [5.74, 6) is 0.833. The molecule has 204 valence electrons. The highest BCUT2D eigenvalue weighted by atomic mass is 15.1. The summed E-state index contributed by atoms with van der Waals surface area (Å²) >= 11 is 0. The Labute approximate surface area is 269 Å². The first-order chi connectivity index (χ1) is 26.7. The van der Waals surface area contributed by atoms with Gasteiger partial charge in [-0.1, -0.05) is 134 Å². The molecule has 8 aromatic rings. The van der Waals surface area contributed by atoms with Crippen LogP contribution >= 0.6 is 0 Å². The molecule has 0 spiro atoms. The van der Waals surface area contributed by atoms with Crippen LogP contribution in [-0.4, -0.2) is 9.55 Å². The molecule has 0 amide bonds. The Kier molecular flexibility index (Phi) is 3.67. The van der Waals surface area contributed by atoms with Crippen LogP contribution in [0.4, 0.5) is 0 Å². The van der Waals surface area contributed by atoms with Crippen LogP contribution in [0.3, 0.4) is 0 Å². The maximum atomic E-state index is 9.23. The molecule has 0 aliphatic carbocycles. The van der Waals surface area contributed by atoms with Crippen LogP contribution < -0.4 is 0 Å². The Morgan fingerprint density at radius 1 is 0.535 bits per heavy atom. The number of rotatable bonds is 5. The second kappa shape index (κ2) is 10.4. The van der Waals surface area contributed by atoms with Crippen LogP contribution in [-0.2, 0) is 6.42 Å². The zero-order chi connectivity index (χ0) is 40.1. The van der Waals surface area contributed by atoms with Gasteiger partial charge in [-0.05, 0) is 79.2 Å². The van der Waals surface area contributed by atoms with Crippen LogP contribution in [0, 0.1) is 0 Å². The molecule has 0 atom stereocenters. The highest BCUT2D eigenvalue weighted by molar-refractivity contribution is 6.21. The molecule has 0 radical (unpaired) electrons. The molecule has 0 aliphatic heterocycles. The smallest absolute Gasteiger partial charge is 0.114 e. The first-order valence-corrected chi connectivity index (χ1v) is 13.9. The zero-order valence-corrected chi connectivity index (χ0v) is 23.0. The molecule has 0 saturated heterocycles. The number of aryl methyl sites for hydroxylation is 1. The molecule has 0 unspecified atom stereocenters. The van der Waals surface area contributed by atoms with E-state index in [9.17, 15) is 5.48 Å². The number of aromatic nitrogens is 2. The average Bonchev–Trinajstić information content (AvgIpc) is 3.60. The topological polar surface area (TPSA) is 17.8 Å². The number of imidazole rings is 1. The van der Waals surface area contributed by atoms with E-state index in [1.54, 1.807) is 24.3 Å². The molecule has 8 rings (SSSR count). The molecule has 0 saturated carbocycles. The normalized spacial score (nSPS) is 15.7. The summed E-state index contributed by atoms with van der Waals surface area (Å²) in [6.07, 6.45) is 0.656. The van der Waals surface area contributed by atoms with Crippen LogP contribution in [0.1, 0.15) is 30.6 Å². The fraction of sp³-hybridized carbons (Fsp3) is 0.0488. The number of benzene rings is 7. The molecular formula is C41H30N2. The molecule has 0 N–H and O–H groups in total. The summed E-state index contributed by atoms with van der Waals surface area (Å²) in [6.45, 7) is 2.01. The van der Waals surface area contributed by atoms with Crippen molar-refractivity contribution in [1.29, 1.82) is 0 Å². The van der Waals surface area contributed by atoms with Crippen molar-refractivity contribution in [3.05, 3.63) is 157 Å². The number of hydrogen-bond donors (Lipinski definition) is 0. The van der Waals surface area contributed by atoms with E-state index in [0.29, 0.717) is 17.5 Å². The third-order valence-electron chi connectivity index (χ3n) is 7.70. The Balaban J connectivity index is 1.46. The summed E-state index contributed by atoms with van der Waals surface area (Å²) in [5.41, 5.74) is 3.91. The predicted octanol–water partition coefficient (Wildman–Crippen LogP) is 10.9. The first kappa shape index (κ1) is 15.1. The molecule has 1 heterocycles. The number of nitrogens with zero attached hydrogens (tertiary/aromatic N) is 2. The first-order valence-electron chi connectivity index (χ1n) is 20.4. The van der Waals surface area contributed by atoms with E-state index < -0.39 is 66.5 Å². The van der Waals surface area contributed by atoms with Gasteiger partial charge in [0.05, 0.1) is 28.9 Å². The van der Waals surface area contributed by atoms with Crippen LogP contribution in [0.25, 0.3) is 71.6 Å². The lowest BCUT2D eigenvalue weighted by atomic mass is 9.85. The lowest BCUT2D eigenvalue weighted by molar-refractivity contribution is 0.908. The fourth-order valence-corrected chi connectivity index (χ4v) is 5.78. The van der Waals surface area contributed by atoms with Gasteiger partial charge in [-0.25, -0.2) is 4.98 Å². The van der Waals surface area contributed by atoms with Gasteiger partial charge in [0.1, 0.15) is 5.82 Å². The summed E-state index contributed by atoms with van der Waals surface area (Å²) in [4.78, 5) is 4.78. The van der Waals surface area contributed by atoms with E-state index in [0.717, 1.165) is 22.5 Å². The molecule has 0 aliphatic rings. The van der Waals surface area contributed by atoms with Gasteiger partial charge >= 0.3 is 0 Å². The van der Waals surface area contributed by atoms with E-state index in [2.05, 4.69) is 0 Å². The van der Waals surface area contributed by atoms with Crippen LogP contribution in [0.15, 0.2) is 151 Å². The number of hydrogen-bond acceptors (Lipinski definition) is 1. The molecule has 1 aromatic heterocycles. The highest BCUT2D eigenvalue weighted by Gasteiger charge is 2.17. The quantitative estimate of drug-likeness (QED) is 0.190. The number of fused-ring (bicyclic) bond motifs is 3. The Morgan fingerprint density at radius 2 is 1.02 bits per heavy atom. The SMILES string of the molecule is [2H]c1c([2H])c([2H])c(-c2ccc(-c3c4c([2H])c([2H])c([2H])c([2H])c4c(-c4ccc(-n5c(CC)nc6ccccc65)cc4)c4c([2H])c([2H])c([2H])c([2H])c34)cc2)c([2H])c1[2H]. The molecule has 0 bridgehead atoms. The minimum absolute atomic E-state index is 0.0327. The molecule has 2 heteroatoms. The van der Waals surface area contributed by atoms with E-state index in [1.807, 2.05) is 47.9 Å². The maximum Gasteiger partial charge on any atom is 0.114 e. The monoisotopic (exact) mass is 563 g/mol. The summed E-state index contributed by atoms with van der Waals surface area (Å²) in [5, 5.41) is 0.204. The van der Waals surface area contributed by atoms with Crippen molar-refractivity contribution in [2.45, 2.75) is 13.3 Å². The maximum absolute atomic E-state index is 9.23. The van der Waals surface area contributed by atoms with E-state index >= 15 is 0 Å². The van der Waals surface area contributed by atoms with Crippen molar-refractivity contribution in [3.8, 4) is 39.1 Å². The van der Waals surface area contributed by atoms with Crippen molar-refractivity contribution < 1.29 is 17.8 Å². The molecule has 43 heavy (non-hydrogen) atoms. The van der Waals surface area contributed by atoms with Gasteiger partial charge in [0.15, 0.2) is 0 Å². The zero-order valence-electron chi connectivity index (χ0n) is 36.0. The predicted molar refractivity (Wildman–Crippen MR) is 182 cm³/mol. The third-order valence-corrected chi connectivity index (χ3v) is 7.70. The minimum Gasteiger partial charge on any atom is -0.296 e. The summed E-state index contributed by atoms with van der Waals surface area (Å²) < 4.78 is 115. The van der Waals surface area contributed by atoms with Crippen molar-refractivity contribution >= 4 is 32.6 Å². The Morgan fingerprint density at radius 3 is 1.58 bits per heavy atom. The standard InChI is InChI=1S/C41H30N2/c1-2-39-42-37-18-10-11-19-38(37)43(39)32-26-24-31(25-27-32)41-35-16-8-6-14-33(35)40(34-15-7-9-17-36(34)41)30-22-20-29(21-23-30)28-12-4-3-5-13-28/h3-27H,2H2,1H3/i3D,4D,5D,6D,7D,8D,9D,12D,13D,14D,15D,16D,17D. The lowest BCUT2D eigenvalue weighted by Crippen LogP contribution is -2.00. The summed E-state index contributed by atoms with van der Waals surface area (Å²) in [6, 6.07) is 15.2. The van der Waals surface area contributed by atoms with Crippen LogP contribution in [0.2, 0.25) is 0 Å². The second-order valence-corrected chi connectivity index (χ2v) is 10.1. The van der Waals surface area contributed by atoms with E-state index in [1.165, 1.54) is 12.1 Å². The minimum atomic E-state index is -0.530. The molecule has 7 aromatic carbocycles. The highest BCUT2D eigenvalue weighted by Crippen LogP contribution is 2.44. The Bertz CT molecular complexity index is 2860. The van der Waals surface area contributed by atoms with Gasteiger partial charge in [-0.2, -0.15) is 0 Å². The summed E-state index contributed by atoms with van der Waals surface area (Å²) in [7, 11) is 0. The lowest BCUT2D eigenvalue weighted by Gasteiger charge is -2.18.